The molecule has 1 saturated carbocycles. The number of ether oxygens (including phenoxy) is 1. The van der Waals surface area contributed by atoms with Crippen LogP contribution in [0.4, 0.5) is 10.5 Å². The van der Waals surface area contributed by atoms with Crippen LogP contribution < -0.4 is 10.1 Å². The smallest absolute Gasteiger partial charge is 0.321 e. The van der Waals surface area contributed by atoms with Crippen molar-refractivity contribution in [3.63, 3.8) is 0 Å². The second-order valence-corrected chi connectivity index (χ2v) is 11.1. The summed E-state index contributed by atoms with van der Waals surface area (Å²) in [5, 5.41) is 4.82. The molecule has 0 bridgehead atoms. The van der Waals surface area contributed by atoms with E-state index in [1.165, 1.54) is 22.1 Å². The van der Waals surface area contributed by atoms with Gasteiger partial charge < -0.3 is 15.0 Å². The van der Waals surface area contributed by atoms with Crippen LogP contribution in [0.3, 0.4) is 0 Å². The van der Waals surface area contributed by atoms with Crippen molar-refractivity contribution in [1.29, 1.82) is 0 Å². The first-order chi connectivity index (χ1) is 15.9. The van der Waals surface area contributed by atoms with E-state index < -0.39 is 10.2 Å². The van der Waals surface area contributed by atoms with Crippen molar-refractivity contribution in [2.75, 3.05) is 38.5 Å². The van der Waals surface area contributed by atoms with Crippen molar-refractivity contribution >= 4 is 33.3 Å². The molecule has 33 heavy (non-hydrogen) atoms. The molecule has 2 aromatic rings. The van der Waals surface area contributed by atoms with E-state index in [1.807, 2.05) is 17.5 Å². The normalized spacial score (nSPS) is 18.4. The summed E-state index contributed by atoms with van der Waals surface area (Å²) in [5.74, 6) is 0.641. The zero-order valence-electron chi connectivity index (χ0n) is 18.9. The van der Waals surface area contributed by atoms with Crippen LogP contribution in [0.25, 0.3) is 0 Å². The van der Waals surface area contributed by atoms with E-state index >= 15 is 0 Å². The lowest BCUT2D eigenvalue weighted by Crippen LogP contribution is -2.55. The Morgan fingerprint density at radius 3 is 2.67 bits per heavy atom. The molecule has 1 aromatic heterocycles. The molecule has 4 rings (SSSR count). The number of aromatic nitrogens is 1. The number of anilines is 1. The standard InChI is InChI=1S/C22H31N5O4S2/c1-25(20-7-3-2-4-8-20)33(29,30)27-12-10-26(11-13-27)22(28)24-18-6-5-9-21(14-18)31-15-19-16-32-17-23-19/h5-6,9,14,16-17,20H,2-4,7-8,10-13,15H2,1H3,(H,24,28). The van der Waals surface area contributed by atoms with E-state index in [0.29, 0.717) is 44.2 Å². The minimum atomic E-state index is -3.51. The van der Waals surface area contributed by atoms with Gasteiger partial charge in [0.15, 0.2) is 0 Å². The molecule has 180 valence electrons. The molecule has 1 aliphatic carbocycles. The predicted octanol–water partition coefficient (Wildman–Crippen LogP) is 3.38. The second-order valence-electron chi connectivity index (χ2n) is 8.43. The highest BCUT2D eigenvalue weighted by molar-refractivity contribution is 7.86. The average molecular weight is 494 g/mol. The van der Waals surface area contributed by atoms with Crippen LogP contribution in [0.1, 0.15) is 37.8 Å². The van der Waals surface area contributed by atoms with Crippen LogP contribution in [0.5, 0.6) is 5.75 Å². The van der Waals surface area contributed by atoms with Gasteiger partial charge in [0.25, 0.3) is 10.2 Å². The molecule has 2 aliphatic rings. The summed E-state index contributed by atoms with van der Waals surface area (Å²) in [4.78, 5) is 18.6. The van der Waals surface area contributed by atoms with Gasteiger partial charge in [-0.15, -0.1) is 11.3 Å². The third kappa shape index (κ3) is 6.03. The summed E-state index contributed by atoms with van der Waals surface area (Å²) in [6, 6.07) is 7.04. The Bertz CT molecular complexity index is 1020. The highest BCUT2D eigenvalue weighted by atomic mass is 32.2. The molecule has 9 nitrogen and oxygen atoms in total. The first kappa shape index (κ1) is 23.9. The minimum absolute atomic E-state index is 0.0788. The third-order valence-corrected chi connectivity index (χ3v) is 8.94. The van der Waals surface area contributed by atoms with Crippen molar-refractivity contribution in [3.05, 3.63) is 40.8 Å². The summed E-state index contributed by atoms with van der Waals surface area (Å²) < 4.78 is 34.9. The van der Waals surface area contributed by atoms with Gasteiger partial charge in [0, 0.05) is 56.4 Å². The lowest BCUT2D eigenvalue weighted by Gasteiger charge is -2.38. The summed E-state index contributed by atoms with van der Waals surface area (Å²) in [5.41, 5.74) is 3.24. The number of amides is 2. The van der Waals surface area contributed by atoms with Crippen LogP contribution in [-0.4, -0.2) is 72.2 Å². The van der Waals surface area contributed by atoms with Gasteiger partial charge in [-0.05, 0) is 25.0 Å². The molecule has 11 heteroatoms. The van der Waals surface area contributed by atoms with E-state index in [1.54, 1.807) is 33.9 Å². The second kappa shape index (κ2) is 10.8. The monoisotopic (exact) mass is 493 g/mol. The number of carbonyl (C=O) groups is 1. The van der Waals surface area contributed by atoms with E-state index in [-0.39, 0.29) is 12.1 Å². The van der Waals surface area contributed by atoms with Crippen molar-refractivity contribution in [2.45, 2.75) is 44.8 Å². The maximum absolute atomic E-state index is 13.1. The molecule has 1 N–H and O–H groups in total. The molecular weight excluding hydrogens is 462 g/mol. The fourth-order valence-electron chi connectivity index (χ4n) is 4.27. The van der Waals surface area contributed by atoms with E-state index in [9.17, 15) is 13.2 Å². The minimum Gasteiger partial charge on any atom is -0.487 e. The van der Waals surface area contributed by atoms with Gasteiger partial charge in [-0.2, -0.15) is 17.0 Å². The topological polar surface area (TPSA) is 95.1 Å². The molecule has 1 saturated heterocycles. The summed E-state index contributed by atoms with van der Waals surface area (Å²) >= 11 is 1.51. The Morgan fingerprint density at radius 2 is 1.97 bits per heavy atom. The quantitative estimate of drug-likeness (QED) is 0.638. The largest absolute Gasteiger partial charge is 0.487 e. The lowest BCUT2D eigenvalue weighted by atomic mass is 9.96. The zero-order valence-corrected chi connectivity index (χ0v) is 20.5. The van der Waals surface area contributed by atoms with Crippen LogP contribution in [0, 0.1) is 0 Å². The number of urea groups is 1. The molecule has 2 fully saturated rings. The summed E-state index contributed by atoms with van der Waals surface area (Å²) in [6.07, 6.45) is 5.18. The van der Waals surface area contributed by atoms with Crippen molar-refractivity contribution in [1.82, 2.24) is 18.5 Å². The number of thiazole rings is 1. The third-order valence-electron chi connectivity index (χ3n) is 6.26. The van der Waals surface area contributed by atoms with Gasteiger partial charge in [0.2, 0.25) is 0 Å². The van der Waals surface area contributed by atoms with Gasteiger partial charge in [-0.3, -0.25) is 0 Å². The van der Waals surface area contributed by atoms with Gasteiger partial charge in [0.05, 0.1) is 11.2 Å². The predicted molar refractivity (Wildman–Crippen MR) is 129 cm³/mol. The molecule has 0 atom stereocenters. The van der Waals surface area contributed by atoms with Crippen LogP contribution >= 0.6 is 11.3 Å². The first-order valence-corrected chi connectivity index (χ1v) is 13.7. The van der Waals surface area contributed by atoms with E-state index in [2.05, 4.69) is 10.3 Å². The Morgan fingerprint density at radius 1 is 1.21 bits per heavy atom. The highest BCUT2D eigenvalue weighted by Gasteiger charge is 2.35. The molecular formula is C22H31N5O4S2. The van der Waals surface area contributed by atoms with Crippen LogP contribution in [-0.2, 0) is 16.8 Å². The van der Waals surface area contributed by atoms with Crippen LogP contribution in [0.15, 0.2) is 35.2 Å². The number of nitrogens with one attached hydrogen (secondary N) is 1. The molecule has 0 radical (unpaired) electrons. The molecule has 0 unspecified atom stereocenters. The van der Waals surface area contributed by atoms with Crippen molar-refractivity contribution < 1.29 is 17.9 Å². The van der Waals surface area contributed by atoms with Crippen molar-refractivity contribution in [2.24, 2.45) is 0 Å². The Balaban J connectivity index is 1.28. The molecule has 2 heterocycles. The number of benzene rings is 1. The van der Waals surface area contributed by atoms with Crippen LogP contribution in [0.2, 0.25) is 0 Å². The number of nitrogens with zero attached hydrogens (tertiary/aromatic N) is 4. The first-order valence-electron chi connectivity index (χ1n) is 11.3. The summed E-state index contributed by atoms with van der Waals surface area (Å²) in [6.45, 7) is 1.66. The summed E-state index contributed by atoms with van der Waals surface area (Å²) in [7, 11) is -1.82. The molecule has 1 aliphatic heterocycles. The van der Waals surface area contributed by atoms with E-state index in [4.69, 9.17) is 4.74 Å². The number of hydrogen-bond acceptors (Lipinski definition) is 6. The molecule has 0 spiro atoms. The maximum Gasteiger partial charge on any atom is 0.321 e. The average Bonchev–Trinajstić information content (AvgIpc) is 3.37. The highest BCUT2D eigenvalue weighted by Crippen LogP contribution is 2.25. The fraction of sp³-hybridized carbons (Fsp3) is 0.545. The molecule has 2 amide bonds. The number of carbonyl (C=O) groups excluding carboxylic acids is 1. The Kier molecular flexibility index (Phi) is 7.84. The number of hydrogen-bond donors (Lipinski definition) is 1. The SMILES string of the molecule is CN(C1CCCCC1)S(=O)(=O)N1CCN(C(=O)Nc2cccc(OCc3cscn3)c2)CC1. The van der Waals surface area contributed by atoms with Gasteiger partial charge in [0.1, 0.15) is 12.4 Å². The Labute approximate surface area is 199 Å². The van der Waals surface area contributed by atoms with Gasteiger partial charge in [-0.25, -0.2) is 9.78 Å². The number of piperazine rings is 1. The van der Waals surface area contributed by atoms with Gasteiger partial charge in [-0.1, -0.05) is 25.3 Å². The fourth-order valence-corrected chi connectivity index (χ4v) is 6.39. The lowest BCUT2D eigenvalue weighted by molar-refractivity contribution is 0.178. The number of rotatable bonds is 7. The Hall–Kier alpha value is -2.21. The van der Waals surface area contributed by atoms with Crippen molar-refractivity contribution in [3.8, 4) is 5.75 Å². The van der Waals surface area contributed by atoms with Gasteiger partial charge >= 0.3 is 6.03 Å². The van der Waals surface area contributed by atoms with E-state index in [0.717, 1.165) is 31.4 Å². The molecule has 1 aromatic carbocycles. The maximum atomic E-state index is 13.1. The zero-order chi connectivity index (χ0) is 23.3.